The monoisotopic (exact) mass is 344 g/mol. The number of nitrogens with zero attached hydrogens (tertiary/aromatic N) is 1. The minimum Gasteiger partial charge on any atom is -0.379 e. The minimum absolute atomic E-state index is 0.0502. The first-order valence-electron chi connectivity index (χ1n) is 8.58. The molecular weight excluding hydrogens is 316 g/mol. The molecule has 2 bridgehead atoms. The molecule has 23 heavy (non-hydrogen) atoms. The van der Waals surface area contributed by atoms with E-state index in [0.29, 0.717) is 45.1 Å². The molecule has 1 N–H and O–H groups in total. The van der Waals surface area contributed by atoms with Crippen molar-refractivity contribution in [1.29, 1.82) is 0 Å². The molecule has 6 nitrogen and oxygen atoms in total. The summed E-state index contributed by atoms with van der Waals surface area (Å²) in [4.78, 5) is 14.7. The van der Waals surface area contributed by atoms with Crippen LogP contribution in [0.15, 0.2) is 0 Å². The molecule has 1 saturated heterocycles. The number of ether oxygens (including phenoxy) is 1. The van der Waals surface area contributed by atoms with Crippen LogP contribution in [0.5, 0.6) is 0 Å². The van der Waals surface area contributed by atoms with Crippen molar-refractivity contribution < 1.29 is 17.9 Å². The van der Waals surface area contributed by atoms with Crippen LogP contribution >= 0.6 is 0 Å². The first-order chi connectivity index (χ1) is 10.8. The Kier molecular flexibility index (Phi) is 4.59. The third kappa shape index (κ3) is 3.08. The van der Waals surface area contributed by atoms with Gasteiger partial charge >= 0.3 is 0 Å². The van der Waals surface area contributed by atoms with E-state index in [-0.39, 0.29) is 17.0 Å². The first-order valence-corrected chi connectivity index (χ1v) is 10.2. The summed E-state index contributed by atoms with van der Waals surface area (Å²) in [5.41, 5.74) is -0.883. The largest absolute Gasteiger partial charge is 0.379 e. The third-order valence-corrected chi connectivity index (χ3v) is 7.95. The van der Waals surface area contributed by atoms with Gasteiger partial charge in [0.05, 0.1) is 19.0 Å². The highest BCUT2D eigenvalue weighted by Gasteiger charge is 2.65. The molecule has 1 heterocycles. The summed E-state index contributed by atoms with van der Waals surface area (Å²) >= 11 is 0. The predicted octanol–water partition coefficient (Wildman–Crippen LogP) is 0.633. The van der Waals surface area contributed by atoms with Crippen LogP contribution in [0.2, 0.25) is 0 Å². The topological polar surface area (TPSA) is 75.7 Å². The highest BCUT2D eigenvalue weighted by Crippen LogP contribution is 2.64. The second-order valence-electron chi connectivity index (χ2n) is 7.77. The number of ketones is 1. The average Bonchev–Trinajstić information content (AvgIpc) is 2.82. The zero-order valence-corrected chi connectivity index (χ0v) is 15.0. The Morgan fingerprint density at radius 2 is 2.00 bits per heavy atom. The van der Waals surface area contributed by atoms with Crippen LogP contribution in [0.4, 0.5) is 0 Å². The number of Topliss-reactive ketones (excluding diaryl/α,β-unsaturated/α-hetero) is 1. The number of morpholine rings is 1. The maximum Gasteiger partial charge on any atom is 0.212 e. The molecule has 1 aliphatic heterocycles. The van der Waals surface area contributed by atoms with Gasteiger partial charge in [-0.3, -0.25) is 9.69 Å². The molecule has 3 rings (SSSR count). The second kappa shape index (κ2) is 6.10. The SMILES string of the molecule is CC1(C)C2CCC1(CS(=O)(=O)NCCN1CCOCC1)C(=O)C2. The van der Waals surface area contributed by atoms with E-state index in [1.807, 2.05) is 0 Å². The molecule has 0 amide bonds. The zero-order chi connectivity index (χ0) is 16.7. The van der Waals surface area contributed by atoms with Crippen molar-refractivity contribution in [3.8, 4) is 0 Å². The number of carbonyl (C=O) groups excluding carboxylic acids is 1. The van der Waals surface area contributed by atoms with Crippen LogP contribution in [0.3, 0.4) is 0 Å². The van der Waals surface area contributed by atoms with Crippen LogP contribution in [0, 0.1) is 16.7 Å². The molecule has 3 aliphatic rings. The number of hydrogen-bond acceptors (Lipinski definition) is 5. The lowest BCUT2D eigenvalue weighted by molar-refractivity contribution is -0.128. The van der Waals surface area contributed by atoms with Crippen molar-refractivity contribution in [2.24, 2.45) is 16.7 Å². The summed E-state index contributed by atoms with van der Waals surface area (Å²) in [6.07, 6.45) is 2.24. The summed E-state index contributed by atoms with van der Waals surface area (Å²) in [6.45, 7) is 8.33. The molecule has 0 aromatic heterocycles. The molecule has 0 aromatic rings. The van der Waals surface area contributed by atoms with E-state index >= 15 is 0 Å². The Morgan fingerprint density at radius 1 is 1.30 bits per heavy atom. The van der Waals surface area contributed by atoms with Crippen LogP contribution < -0.4 is 4.72 Å². The fraction of sp³-hybridized carbons (Fsp3) is 0.938. The van der Waals surface area contributed by atoms with E-state index in [9.17, 15) is 13.2 Å². The normalized spacial score (nSPS) is 34.2. The van der Waals surface area contributed by atoms with Gasteiger partial charge < -0.3 is 4.74 Å². The van der Waals surface area contributed by atoms with E-state index in [1.165, 1.54) is 0 Å². The Labute approximate surface area is 139 Å². The number of rotatable bonds is 6. The van der Waals surface area contributed by atoms with Gasteiger partial charge in [-0.15, -0.1) is 0 Å². The smallest absolute Gasteiger partial charge is 0.212 e. The first kappa shape index (κ1) is 17.3. The number of sulfonamides is 1. The molecule has 2 unspecified atom stereocenters. The fourth-order valence-electron chi connectivity index (χ4n) is 4.67. The van der Waals surface area contributed by atoms with Crippen molar-refractivity contribution in [3.63, 3.8) is 0 Å². The van der Waals surface area contributed by atoms with Gasteiger partial charge in [0.15, 0.2) is 0 Å². The van der Waals surface area contributed by atoms with E-state index in [2.05, 4.69) is 23.5 Å². The van der Waals surface area contributed by atoms with Gasteiger partial charge in [0.1, 0.15) is 5.78 Å². The Morgan fingerprint density at radius 3 is 2.57 bits per heavy atom. The van der Waals surface area contributed by atoms with E-state index in [0.717, 1.165) is 19.5 Å². The summed E-state index contributed by atoms with van der Waals surface area (Å²) in [5, 5.41) is 0. The van der Waals surface area contributed by atoms with Crippen molar-refractivity contribution in [2.45, 2.75) is 33.1 Å². The molecule has 3 fully saturated rings. The lowest BCUT2D eigenvalue weighted by Gasteiger charge is -2.36. The van der Waals surface area contributed by atoms with Gasteiger partial charge in [-0.2, -0.15) is 0 Å². The molecule has 0 aromatic carbocycles. The lowest BCUT2D eigenvalue weighted by atomic mass is 9.70. The Balaban J connectivity index is 1.59. The van der Waals surface area contributed by atoms with Gasteiger partial charge in [-0.1, -0.05) is 13.8 Å². The van der Waals surface area contributed by atoms with Crippen LogP contribution in [0.25, 0.3) is 0 Å². The number of carbonyl (C=O) groups is 1. The Bertz CT molecular complexity index is 569. The zero-order valence-electron chi connectivity index (χ0n) is 14.1. The maximum absolute atomic E-state index is 12.5. The summed E-state index contributed by atoms with van der Waals surface area (Å²) in [6, 6.07) is 0. The minimum atomic E-state index is -3.44. The van der Waals surface area contributed by atoms with Crippen molar-refractivity contribution >= 4 is 15.8 Å². The van der Waals surface area contributed by atoms with Crippen molar-refractivity contribution in [1.82, 2.24) is 9.62 Å². The van der Waals surface area contributed by atoms with Crippen LogP contribution in [-0.4, -0.2) is 64.2 Å². The van der Waals surface area contributed by atoms with Crippen molar-refractivity contribution in [2.75, 3.05) is 45.1 Å². The van der Waals surface area contributed by atoms with Gasteiger partial charge in [-0.05, 0) is 24.2 Å². The standard InChI is InChI=1S/C16H28N2O4S/c1-15(2)13-3-4-16(15,14(19)11-13)12-23(20,21)17-5-6-18-7-9-22-10-8-18/h13,17H,3-12H2,1-2H3. The van der Waals surface area contributed by atoms with Crippen LogP contribution in [-0.2, 0) is 19.6 Å². The van der Waals surface area contributed by atoms with Crippen molar-refractivity contribution in [3.05, 3.63) is 0 Å². The predicted molar refractivity (Wildman–Crippen MR) is 87.6 cm³/mol. The Hall–Kier alpha value is -0.500. The average molecular weight is 344 g/mol. The third-order valence-electron chi connectivity index (χ3n) is 6.43. The molecule has 2 atom stereocenters. The van der Waals surface area contributed by atoms with E-state index < -0.39 is 15.4 Å². The lowest BCUT2D eigenvalue weighted by Crippen LogP contribution is -2.47. The molecular formula is C16H28N2O4S. The summed E-state index contributed by atoms with van der Waals surface area (Å²) in [5.74, 6) is 0.446. The molecule has 0 radical (unpaired) electrons. The van der Waals surface area contributed by atoms with Crippen LogP contribution in [0.1, 0.15) is 33.1 Å². The fourth-order valence-corrected chi connectivity index (χ4v) is 6.50. The van der Waals surface area contributed by atoms with Gasteiger partial charge in [0.25, 0.3) is 0 Å². The van der Waals surface area contributed by atoms with Gasteiger partial charge in [0.2, 0.25) is 10.0 Å². The number of fused-ring (bicyclic) bond motifs is 2. The maximum atomic E-state index is 12.5. The van der Waals surface area contributed by atoms with E-state index in [4.69, 9.17) is 4.74 Å². The molecule has 0 spiro atoms. The molecule has 2 saturated carbocycles. The molecule has 2 aliphatic carbocycles. The second-order valence-corrected chi connectivity index (χ2v) is 9.58. The van der Waals surface area contributed by atoms with Gasteiger partial charge in [-0.25, -0.2) is 13.1 Å². The number of hydrogen-bond donors (Lipinski definition) is 1. The van der Waals surface area contributed by atoms with Gasteiger partial charge in [0, 0.05) is 38.0 Å². The molecule has 7 heteroatoms. The quantitative estimate of drug-likeness (QED) is 0.765. The van der Waals surface area contributed by atoms with E-state index in [1.54, 1.807) is 0 Å². The summed E-state index contributed by atoms with van der Waals surface area (Å²) in [7, 11) is -3.44. The number of nitrogens with one attached hydrogen (secondary N) is 1. The highest BCUT2D eigenvalue weighted by atomic mass is 32.2. The highest BCUT2D eigenvalue weighted by molar-refractivity contribution is 7.89. The molecule has 132 valence electrons. The summed E-state index contributed by atoms with van der Waals surface area (Å²) < 4.78 is 33.1.